The molecule has 0 bridgehead atoms. The Morgan fingerprint density at radius 1 is 1.00 bits per heavy atom. The SMILES string of the molecule is COc1ccc(NC(=O)C=Cc2ccc(C(C)C)cc2)cc1OC. The van der Waals surface area contributed by atoms with Crippen LogP contribution in [0.2, 0.25) is 0 Å². The highest BCUT2D eigenvalue weighted by Gasteiger charge is 2.06. The molecule has 0 saturated heterocycles. The van der Waals surface area contributed by atoms with Gasteiger partial charge >= 0.3 is 0 Å². The van der Waals surface area contributed by atoms with Crippen LogP contribution in [0.4, 0.5) is 5.69 Å². The summed E-state index contributed by atoms with van der Waals surface area (Å²) in [5, 5.41) is 2.81. The van der Waals surface area contributed by atoms with Crippen LogP contribution in [0.3, 0.4) is 0 Å². The van der Waals surface area contributed by atoms with E-state index in [1.165, 1.54) is 11.6 Å². The molecule has 0 aliphatic heterocycles. The number of carbonyl (C=O) groups excluding carboxylic acids is 1. The number of methoxy groups -OCH3 is 2. The highest BCUT2D eigenvalue weighted by Crippen LogP contribution is 2.29. The van der Waals surface area contributed by atoms with Gasteiger partial charge in [-0.3, -0.25) is 4.79 Å². The van der Waals surface area contributed by atoms with Crippen LogP contribution in [0.25, 0.3) is 6.08 Å². The van der Waals surface area contributed by atoms with Gasteiger partial charge in [-0.25, -0.2) is 0 Å². The standard InChI is InChI=1S/C20H23NO3/c1-14(2)16-8-5-15(6-9-16)7-12-20(22)21-17-10-11-18(23-3)19(13-17)24-4/h5-14H,1-4H3,(H,21,22). The van der Waals surface area contributed by atoms with Crippen molar-refractivity contribution >= 4 is 17.7 Å². The van der Waals surface area contributed by atoms with Gasteiger partial charge in [0.15, 0.2) is 11.5 Å². The lowest BCUT2D eigenvalue weighted by Gasteiger charge is -2.09. The minimum atomic E-state index is -0.199. The van der Waals surface area contributed by atoms with Crippen molar-refractivity contribution in [3.8, 4) is 11.5 Å². The van der Waals surface area contributed by atoms with Crippen LogP contribution in [-0.2, 0) is 4.79 Å². The van der Waals surface area contributed by atoms with E-state index in [1.807, 2.05) is 12.1 Å². The Balaban J connectivity index is 2.02. The third-order valence-electron chi connectivity index (χ3n) is 3.68. The van der Waals surface area contributed by atoms with Crippen LogP contribution in [0.5, 0.6) is 11.5 Å². The summed E-state index contributed by atoms with van der Waals surface area (Å²) < 4.78 is 10.4. The fourth-order valence-corrected chi connectivity index (χ4v) is 2.26. The van der Waals surface area contributed by atoms with E-state index < -0.39 is 0 Å². The van der Waals surface area contributed by atoms with Crippen molar-refractivity contribution in [2.75, 3.05) is 19.5 Å². The number of hydrogen-bond donors (Lipinski definition) is 1. The summed E-state index contributed by atoms with van der Waals surface area (Å²) >= 11 is 0. The topological polar surface area (TPSA) is 47.6 Å². The lowest BCUT2D eigenvalue weighted by atomic mass is 10.0. The largest absolute Gasteiger partial charge is 0.493 e. The van der Waals surface area contributed by atoms with E-state index in [9.17, 15) is 4.79 Å². The Labute approximate surface area is 143 Å². The van der Waals surface area contributed by atoms with Crippen LogP contribution < -0.4 is 14.8 Å². The molecule has 0 atom stereocenters. The first-order valence-electron chi connectivity index (χ1n) is 7.84. The van der Waals surface area contributed by atoms with Crippen LogP contribution in [0.1, 0.15) is 30.9 Å². The number of amides is 1. The summed E-state index contributed by atoms with van der Waals surface area (Å²) in [6.07, 6.45) is 3.31. The van der Waals surface area contributed by atoms with Crippen molar-refractivity contribution in [2.45, 2.75) is 19.8 Å². The zero-order valence-corrected chi connectivity index (χ0v) is 14.5. The first kappa shape index (κ1) is 17.6. The maximum Gasteiger partial charge on any atom is 0.248 e. The molecule has 0 radical (unpaired) electrons. The molecule has 2 rings (SSSR count). The maximum absolute atomic E-state index is 12.0. The molecule has 0 aromatic heterocycles. The summed E-state index contributed by atoms with van der Waals surface area (Å²) in [6, 6.07) is 13.4. The fraction of sp³-hybridized carbons (Fsp3) is 0.250. The highest BCUT2D eigenvalue weighted by atomic mass is 16.5. The summed E-state index contributed by atoms with van der Waals surface area (Å²) in [7, 11) is 3.13. The average Bonchev–Trinajstić information content (AvgIpc) is 2.60. The minimum absolute atomic E-state index is 0.199. The molecule has 2 aromatic carbocycles. The molecular formula is C20H23NO3. The number of ether oxygens (including phenoxy) is 2. The highest BCUT2D eigenvalue weighted by molar-refractivity contribution is 6.02. The smallest absolute Gasteiger partial charge is 0.248 e. The third kappa shape index (κ3) is 4.62. The molecule has 0 aliphatic rings. The Kier molecular flexibility index (Phi) is 6.01. The zero-order chi connectivity index (χ0) is 17.5. The molecule has 4 heteroatoms. The van der Waals surface area contributed by atoms with Gasteiger partial charge in [0.25, 0.3) is 0 Å². The molecule has 2 aromatic rings. The Morgan fingerprint density at radius 2 is 1.67 bits per heavy atom. The van der Waals surface area contributed by atoms with Crippen LogP contribution in [0, 0.1) is 0 Å². The quantitative estimate of drug-likeness (QED) is 0.797. The molecule has 0 heterocycles. The van der Waals surface area contributed by atoms with Crippen LogP contribution in [0.15, 0.2) is 48.5 Å². The number of carbonyl (C=O) groups is 1. The van der Waals surface area contributed by atoms with Gasteiger partial charge in [0.2, 0.25) is 5.91 Å². The van der Waals surface area contributed by atoms with E-state index in [4.69, 9.17) is 9.47 Å². The molecule has 24 heavy (non-hydrogen) atoms. The van der Waals surface area contributed by atoms with Crippen molar-refractivity contribution in [1.82, 2.24) is 0 Å². The first-order chi connectivity index (χ1) is 11.5. The van der Waals surface area contributed by atoms with Crippen molar-refractivity contribution in [2.24, 2.45) is 0 Å². The predicted molar refractivity (Wildman–Crippen MR) is 97.7 cm³/mol. The van der Waals surface area contributed by atoms with Gasteiger partial charge in [-0.2, -0.15) is 0 Å². The molecule has 126 valence electrons. The number of rotatable bonds is 6. The normalized spacial score (nSPS) is 10.9. The van der Waals surface area contributed by atoms with Crippen molar-refractivity contribution in [3.63, 3.8) is 0 Å². The van der Waals surface area contributed by atoms with E-state index in [0.717, 1.165) is 5.56 Å². The lowest BCUT2D eigenvalue weighted by Crippen LogP contribution is -2.07. The second-order valence-corrected chi connectivity index (χ2v) is 5.71. The molecule has 0 spiro atoms. The van der Waals surface area contributed by atoms with Gasteiger partial charge in [0.05, 0.1) is 14.2 Å². The van der Waals surface area contributed by atoms with Crippen LogP contribution >= 0.6 is 0 Å². The van der Waals surface area contributed by atoms with Crippen LogP contribution in [-0.4, -0.2) is 20.1 Å². The molecule has 0 fully saturated rings. The van der Waals surface area contributed by atoms with Crippen molar-refractivity contribution < 1.29 is 14.3 Å². The Morgan fingerprint density at radius 3 is 2.25 bits per heavy atom. The number of anilines is 1. The van der Waals surface area contributed by atoms with Crippen molar-refractivity contribution in [3.05, 3.63) is 59.7 Å². The lowest BCUT2D eigenvalue weighted by molar-refractivity contribution is -0.111. The minimum Gasteiger partial charge on any atom is -0.493 e. The van der Waals surface area contributed by atoms with Gasteiger partial charge in [0, 0.05) is 17.8 Å². The maximum atomic E-state index is 12.0. The van der Waals surface area contributed by atoms with Crippen molar-refractivity contribution in [1.29, 1.82) is 0 Å². The van der Waals surface area contributed by atoms with Gasteiger partial charge < -0.3 is 14.8 Å². The second kappa shape index (κ2) is 8.20. The first-order valence-corrected chi connectivity index (χ1v) is 7.84. The zero-order valence-electron chi connectivity index (χ0n) is 14.5. The Bertz CT molecular complexity index is 718. The monoisotopic (exact) mass is 325 g/mol. The fourth-order valence-electron chi connectivity index (χ4n) is 2.26. The molecule has 1 amide bonds. The predicted octanol–water partition coefficient (Wildman–Crippen LogP) is 4.48. The third-order valence-corrected chi connectivity index (χ3v) is 3.68. The van der Waals surface area contributed by atoms with E-state index >= 15 is 0 Å². The summed E-state index contributed by atoms with van der Waals surface area (Å²) in [5.74, 6) is 1.49. The van der Waals surface area contributed by atoms with E-state index in [1.54, 1.807) is 38.5 Å². The molecule has 4 nitrogen and oxygen atoms in total. The number of nitrogens with one attached hydrogen (secondary N) is 1. The van der Waals surface area contributed by atoms with Gasteiger partial charge in [-0.05, 0) is 35.3 Å². The number of hydrogen-bond acceptors (Lipinski definition) is 3. The number of benzene rings is 2. The van der Waals surface area contributed by atoms with Gasteiger partial charge in [-0.1, -0.05) is 38.1 Å². The summed E-state index contributed by atoms with van der Waals surface area (Å²) in [6.45, 7) is 4.31. The van der Waals surface area contributed by atoms with Gasteiger partial charge in [-0.15, -0.1) is 0 Å². The molecular weight excluding hydrogens is 302 g/mol. The summed E-state index contributed by atoms with van der Waals surface area (Å²) in [4.78, 5) is 12.0. The Hall–Kier alpha value is -2.75. The van der Waals surface area contributed by atoms with Gasteiger partial charge in [0.1, 0.15) is 0 Å². The second-order valence-electron chi connectivity index (χ2n) is 5.71. The van der Waals surface area contributed by atoms with E-state index in [0.29, 0.717) is 23.1 Å². The van der Waals surface area contributed by atoms with E-state index in [2.05, 4.69) is 31.3 Å². The average molecular weight is 325 g/mol. The molecule has 0 aliphatic carbocycles. The molecule has 0 saturated carbocycles. The molecule has 0 unspecified atom stereocenters. The van der Waals surface area contributed by atoms with E-state index in [-0.39, 0.29) is 5.91 Å². The summed E-state index contributed by atoms with van der Waals surface area (Å²) in [5.41, 5.74) is 2.92. The molecule has 1 N–H and O–H groups in total.